The zero-order chi connectivity index (χ0) is 13.3. The number of aromatic nitrogens is 2. The van der Waals surface area contributed by atoms with Gasteiger partial charge in [-0.15, -0.1) is 0 Å². The van der Waals surface area contributed by atoms with Gasteiger partial charge in [0.15, 0.2) is 5.82 Å². The molecule has 0 aliphatic heterocycles. The Hall–Kier alpha value is -1.33. The van der Waals surface area contributed by atoms with Crippen molar-refractivity contribution in [1.82, 2.24) is 9.78 Å². The summed E-state index contributed by atoms with van der Waals surface area (Å²) in [6, 6.07) is 6.86. The van der Waals surface area contributed by atoms with E-state index in [4.69, 9.17) is 11.6 Å². The Morgan fingerprint density at radius 2 is 2.17 bits per heavy atom. The number of benzene rings is 1. The molecule has 0 bridgehead atoms. The van der Waals surface area contributed by atoms with E-state index < -0.39 is 0 Å². The molecule has 0 unspecified atom stereocenters. The van der Waals surface area contributed by atoms with Crippen molar-refractivity contribution in [1.29, 1.82) is 0 Å². The monoisotopic (exact) mass is 327 g/mol. The van der Waals surface area contributed by atoms with Gasteiger partial charge in [-0.2, -0.15) is 5.10 Å². The second-order valence-electron chi connectivity index (χ2n) is 3.87. The number of nitrogens with zero attached hydrogens (tertiary/aromatic N) is 2. The third-order valence-corrected chi connectivity index (χ3v) is 3.46. The van der Waals surface area contributed by atoms with Crippen molar-refractivity contribution in [2.75, 3.05) is 5.32 Å². The lowest BCUT2D eigenvalue weighted by Gasteiger charge is -2.04. The van der Waals surface area contributed by atoms with E-state index >= 15 is 0 Å². The number of amides is 1. The first kappa shape index (κ1) is 13.1. The molecule has 0 saturated carbocycles. The summed E-state index contributed by atoms with van der Waals surface area (Å²) in [5, 5.41) is 7.41. The number of aryl methyl sites for hydroxylation is 2. The van der Waals surface area contributed by atoms with Gasteiger partial charge in [0.25, 0.3) is 5.91 Å². The molecule has 2 aromatic rings. The highest BCUT2D eigenvalue weighted by atomic mass is 79.9. The smallest absolute Gasteiger partial charge is 0.258 e. The van der Waals surface area contributed by atoms with Gasteiger partial charge in [-0.25, -0.2) is 0 Å². The summed E-state index contributed by atoms with van der Waals surface area (Å²) in [6.07, 6.45) is 0. The third kappa shape index (κ3) is 2.73. The highest BCUT2D eigenvalue weighted by molar-refractivity contribution is 9.10. The molecule has 1 amide bonds. The minimum Gasteiger partial charge on any atom is -0.305 e. The van der Waals surface area contributed by atoms with Crippen LogP contribution in [-0.2, 0) is 7.05 Å². The van der Waals surface area contributed by atoms with Crippen LogP contribution in [0.25, 0.3) is 0 Å². The number of hydrogen-bond acceptors (Lipinski definition) is 2. The van der Waals surface area contributed by atoms with E-state index in [1.54, 1.807) is 28.9 Å². The summed E-state index contributed by atoms with van der Waals surface area (Å²) in [4.78, 5) is 12.1. The third-order valence-electron chi connectivity index (χ3n) is 2.53. The van der Waals surface area contributed by atoms with Crippen LogP contribution >= 0.6 is 27.5 Å². The van der Waals surface area contributed by atoms with Crippen LogP contribution in [0.1, 0.15) is 16.1 Å². The van der Waals surface area contributed by atoms with Gasteiger partial charge < -0.3 is 5.32 Å². The molecule has 1 N–H and O–H groups in total. The fraction of sp³-hybridized carbons (Fsp3) is 0.167. The SMILES string of the molecule is Cc1cc(NC(=O)c2cc(Cl)ccc2Br)nn1C. The van der Waals surface area contributed by atoms with E-state index in [9.17, 15) is 4.79 Å². The maximum atomic E-state index is 12.1. The molecule has 4 nitrogen and oxygen atoms in total. The maximum Gasteiger partial charge on any atom is 0.258 e. The van der Waals surface area contributed by atoms with Gasteiger partial charge in [0.1, 0.15) is 0 Å². The van der Waals surface area contributed by atoms with Gasteiger partial charge in [0.05, 0.1) is 5.56 Å². The minimum absolute atomic E-state index is 0.248. The Kier molecular flexibility index (Phi) is 3.73. The molecule has 1 heterocycles. The molecule has 1 aromatic carbocycles. The molecule has 0 aliphatic carbocycles. The van der Waals surface area contributed by atoms with Crippen LogP contribution in [0.2, 0.25) is 5.02 Å². The first-order valence-electron chi connectivity index (χ1n) is 5.24. The van der Waals surface area contributed by atoms with Crippen LogP contribution in [0.4, 0.5) is 5.82 Å². The second kappa shape index (κ2) is 5.12. The van der Waals surface area contributed by atoms with E-state index in [0.29, 0.717) is 20.9 Å². The predicted molar refractivity (Wildman–Crippen MR) is 75.1 cm³/mol. The zero-order valence-electron chi connectivity index (χ0n) is 9.87. The molecule has 0 aliphatic rings. The minimum atomic E-state index is -0.248. The average molecular weight is 329 g/mol. The number of nitrogens with one attached hydrogen (secondary N) is 1. The zero-order valence-corrected chi connectivity index (χ0v) is 12.2. The van der Waals surface area contributed by atoms with E-state index in [-0.39, 0.29) is 5.91 Å². The first-order chi connectivity index (χ1) is 8.47. The summed E-state index contributed by atoms with van der Waals surface area (Å²) in [7, 11) is 1.82. The number of carbonyl (C=O) groups is 1. The summed E-state index contributed by atoms with van der Waals surface area (Å²) in [6.45, 7) is 1.91. The van der Waals surface area contributed by atoms with Crippen molar-refractivity contribution in [3.8, 4) is 0 Å². The number of halogens is 2. The van der Waals surface area contributed by atoms with Crippen LogP contribution in [0.5, 0.6) is 0 Å². The maximum absolute atomic E-state index is 12.1. The molecular formula is C12H11BrClN3O. The highest BCUT2D eigenvalue weighted by Gasteiger charge is 2.12. The molecule has 0 spiro atoms. The van der Waals surface area contributed by atoms with Crippen molar-refractivity contribution in [2.24, 2.45) is 7.05 Å². The van der Waals surface area contributed by atoms with Gasteiger partial charge in [0.2, 0.25) is 0 Å². The Morgan fingerprint density at radius 1 is 1.44 bits per heavy atom. The fourth-order valence-electron chi connectivity index (χ4n) is 1.48. The van der Waals surface area contributed by atoms with E-state index in [2.05, 4.69) is 26.3 Å². The Bertz CT molecular complexity index is 590. The van der Waals surface area contributed by atoms with Crippen LogP contribution in [0, 0.1) is 6.92 Å². The molecule has 0 saturated heterocycles. The highest BCUT2D eigenvalue weighted by Crippen LogP contribution is 2.22. The van der Waals surface area contributed by atoms with Crippen LogP contribution in [0.15, 0.2) is 28.7 Å². The average Bonchev–Trinajstić information content (AvgIpc) is 2.61. The Balaban J connectivity index is 2.24. The normalized spacial score (nSPS) is 10.4. The first-order valence-corrected chi connectivity index (χ1v) is 6.41. The van der Waals surface area contributed by atoms with E-state index in [0.717, 1.165) is 5.69 Å². The summed E-state index contributed by atoms with van der Waals surface area (Å²) < 4.78 is 2.39. The molecular weight excluding hydrogens is 318 g/mol. The molecule has 0 atom stereocenters. The quantitative estimate of drug-likeness (QED) is 0.918. The molecule has 0 fully saturated rings. The number of carbonyl (C=O) groups excluding carboxylic acids is 1. The number of anilines is 1. The van der Waals surface area contributed by atoms with Gasteiger partial charge in [-0.3, -0.25) is 9.48 Å². The lowest BCUT2D eigenvalue weighted by molar-refractivity contribution is 0.102. The standard InChI is InChI=1S/C12H11BrClN3O/c1-7-5-11(16-17(7)2)15-12(18)9-6-8(14)3-4-10(9)13/h3-6H,1-2H3,(H,15,16,18). The van der Waals surface area contributed by atoms with Crippen molar-refractivity contribution in [3.05, 3.63) is 45.0 Å². The lowest BCUT2D eigenvalue weighted by Crippen LogP contribution is -2.13. The lowest BCUT2D eigenvalue weighted by atomic mass is 10.2. The van der Waals surface area contributed by atoms with Crippen molar-refractivity contribution < 1.29 is 4.79 Å². The molecule has 6 heteroatoms. The van der Waals surface area contributed by atoms with E-state index in [1.807, 2.05) is 14.0 Å². The molecule has 1 aromatic heterocycles. The topological polar surface area (TPSA) is 46.9 Å². The van der Waals surface area contributed by atoms with Crippen LogP contribution in [-0.4, -0.2) is 15.7 Å². The Labute approximate surface area is 118 Å². The van der Waals surface area contributed by atoms with Gasteiger partial charge >= 0.3 is 0 Å². The number of hydrogen-bond donors (Lipinski definition) is 1. The van der Waals surface area contributed by atoms with Crippen LogP contribution < -0.4 is 5.32 Å². The molecule has 94 valence electrons. The van der Waals surface area contributed by atoms with Crippen molar-refractivity contribution in [2.45, 2.75) is 6.92 Å². The molecule has 18 heavy (non-hydrogen) atoms. The van der Waals surface area contributed by atoms with E-state index in [1.165, 1.54) is 0 Å². The summed E-state index contributed by atoms with van der Waals surface area (Å²) in [5.41, 5.74) is 1.45. The second-order valence-corrected chi connectivity index (χ2v) is 5.16. The van der Waals surface area contributed by atoms with Gasteiger partial charge in [0, 0.05) is 28.3 Å². The molecule has 2 rings (SSSR count). The van der Waals surface area contributed by atoms with Gasteiger partial charge in [-0.05, 0) is 41.1 Å². The fourth-order valence-corrected chi connectivity index (χ4v) is 2.08. The Morgan fingerprint density at radius 3 is 2.78 bits per heavy atom. The van der Waals surface area contributed by atoms with Crippen molar-refractivity contribution >= 4 is 39.3 Å². The largest absolute Gasteiger partial charge is 0.305 e. The summed E-state index contributed by atoms with van der Waals surface area (Å²) in [5.74, 6) is 0.273. The summed E-state index contributed by atoms with van der Waals surface area (Å²) >= 11 is 9.19. The van der Waals surface area contributed by atoms with Crippen LogP contribution in [0.3, 0.4) is 0 Å². The number of rotatable bonds is 2. The predicted octanol–water partition coefficient (Wildman–Crippen LogP) is 3.40. The van der Waals surface area contributed by atoms with Crippen molar-refractivity contribution in [3.63, 3.8) is 0 Å². The van der Waals surface area contributed by atoms with Gasteiger partial charge in [-0.1, -0.05) is 11.6 Å². The molecule has 0 radical (unpaired) electrons.